The summed E-state index contributed by atoms with van der Waals surface area (Å²) in [6.45, 7) is 3.75. The van der Waals surface area contributed by atoms with E-state index in [4.69, 9.17) is 5.41 Å². The minimum Gasteiger partial charge on any atom is -0.301 e. The zero-order chi connectivity index (χ0) is 6.15. The van der Waals surface area contributed by atoms with Crippen LogP contribution in [0.4, 0.5) is 0 Å². The lowest BCUT2D eigenvalue weighted by Gasteiger charge is -1.98. The molecule has 1 rings (SSSR count). The third kappa shape index (κ3) is 0.598. The summed E-state index contributed by atoms with van der Waals surface area (Å²) in [4.78, 5) is 0. The third-order valence-electron chi connectivity index (χ3n) is 1.25. The van der Waals surface area contributed by atoms with Crippen molar-refractivity contribution in [2.75, 3.05) is 0 Å². The van der Waals surface area contributed by atoms with E-state index in [0.29, 0.717) is 5.71 Å². The van der Waals surface area contributed by atoms with E-state index in [9.17, 15) is 0 Å². The Bertz CT molecular complexity index is 148. The van der Waals surface area contributed by atoms with Crippen molar-refractivity contribution in [3.63, 3.8) is 0 Å². The Hall–Kier alpha value is -0.860. The van der Waals surface area contributed by atoms with Crippen LogP contribution in [0.5, 0.6) is 0 Å². The van der Waals surface area contributed by atoms with Crippen LogP contribution in [0.15, 0.2) is 5.10 Å². The van der Waals surface area contributed by atoms with Gasteiger partial charge in [-0.3, -0.25) is 0 Å². The van der Waals surface area contributed by atoms with Gasteiger partial charge < -0.3 is 10.8 Å². The molecule has 0 bridgehead atoms. The Kier molecular flexibility index (Phi) is 1.04. The van der Waals surface area contributed by atoms with Crippen LogP contribution in [-0.2, 0) is 0 Å². The van der Waals surface area contributed by atoms with Gasteiger partial charge in [0.25, 0.3) is 0 Å². The molecule has 0 saturated carbocycles. The summed E-state index contributed by atoms with van der Waals surface area (Å²) >= 11 is 0. The lowest BCUT2D eigenvalue weighted by Crippen LogP contribution is -2.24. The van der Waals surface area contributed by atoms with Gasteiger partial charge in [0.05, 0.1) is 17.5 Å². The lowest BCUT2D eigenvalue weighted by atomic mass is 10.2. The Labute approximate surface area is 48.3 Å². The van der Waals surface area contributed by atoms with Crippen molar-refractivity contribution in [2.24, 2.45) is 5.10 Å². The number of rotatable bonds is 0. The quantitative estimate of drug-likeness (QED) is 0.466. The summed E-state index contributed by atoms with van der Waals surface area (Å²) in [5.41, 5.74) is 4.19. The van der Waals surface area contributed by atoms with Gasteiger partial charge in [-0.25, -0.2) is 0 Å². The Morgan fingerprint density at radius 1 is 1.75 bits per heavy atom. The largest absolute Gasteiger partial charge is 0.301 e. The highest BCUT2D eigenvalue weighted by atomic mass is 15.3. The molecule has 1 heterocycles. The topological polar surface area (TPSA) is 48.2 Å². The first-order valence-electron chi connectivity index (χ1n) is 2.60. The van der Waals surface area contributed by atoms with E-state index in [1.165, 1.54) is 0 Å². The highest BCUT2D eigenvalue weighted by molar-refractivity contribution is 6.43. The van der Waals surface area contributed by atoms with Crippen molar-refractivity contribution in [3.05, 3.63) is 0 Å². The van der Waals surface area contributed by atoms with Crippen LogP contribution >= 0.6 is 0 Å². The van der Waals surface area contributed by atoms with E-state index in [0.717, 1.165) is 5.71 Å². The van der Waals surface area contributed by atoms with E-state index < -0.39 is 0 Å². The van der Waals surface area contributed by atoms with Crippen LogP contribution in [-0.4, -0.2) is 17.5 Å². The zero-order valence-electron chi connectivity index (χ0n) is 5.02. The maximum Gasteiger partial charge on any atom is 0.0844 e. The second-order valence-electron chi connectivity index (χ2n) is 1.96. The molecular weight excluding hydrogens is 102 g/mol. The molecule has 0 aromatic carbocycles. The number of nitrogens with one attached hydrogen (secondary N) is 2. The highest BCUT2D eigenvalue weighted by Crippen LogP contribution is 1.95. The minimum absolute atomic E-state index is 0.120. The smallest absolute Gasteiger partial charge is 0.0844 e. The first kappa shape index (κ1) is 5.28. The average Bonchev–Trinajstić information content (AvgIpc) is 1.98. The molecule has 1 aliphatic rings. The number of hydrogen-bond acceptors (Lipinski definition) is 3. The van der Waals surface area contributed by atoms with Crippen LogP contribution in [0.25, 0.3) is 0 Å². The molecule has 44 valence electrons. The molecule has 0 spiro atoms. The van der Waals surface area contributed by atoms with Gasteiger partial charge in [-0.15, -0.1) is 0 Å². The predicted octanol–water partition coefficient (Wildman–Crippen LogP) is 0.374. The van der Waals surface area contributed by atoms with Gasteiger partial charge in [-0.2, -0.15) is 5.10 Å². The van der Waals surface area contributed by atoms with Gasteiger partial charge in [-0.05, 0) is 13.8 Å². The van der Waals surface area contributed by atoms with Crippen molar-refractivity contribution in [3.8, 4) is 0 Å². The monoisotopic (exact) mass is 111 g/mol. The molecule has 0 aromatic rings. The van der Waals surface area contributed by atoms with Gasteiger partial charge in [0.1, 0.15) is 0 Å². The fraction of sp³-hybridized carbons (Fsp3) is 0.600. The molecule has 3 nitrogen and oxygen atoms in total. The van der Waals surface area contributed by atoms with E-state index in [1.807, 2.05) is 13.8 Å². The predicted molar refractivity (Wildman–Crippen MR) is 33.4 cm³/mol. The zero-order valence-corrected chi connectivity index (χ0v) is 5.02. The van der Waals surface area contributed by atoms with Crippen molar-refractivity contribution < 1.29 is 0 Å². The van der Waals surface area contributed by atoms with Crippen LogP contribution in [0.1, 0.15) is 13.8 Å². The molecule has 8 heavy (non-hydrogen) atoms. The molecule has 0 aromatic heterocycles. The summed E-state index contributed by atoms with van der Waals surface area (Å²) in [6, 6.07) is 0.120. The van der Waals surface area contributed by atoms with Gasteiger partial charge in [-0.1, -0.05) is 0 Å². The van der Waals surface area contributed by atoms with Gasteiger partial charge >= 0.3 is 0 Å². The number of nitrogens with zero attached hydrogens (tertiary/aromatic N) is 1. The maximum absolute atomic E-state index is 7.27. The first-order valence-corrected chi connectivity index (χ1v) is 2.60. The van der Waals surface area contributed by atoms with Crippen LogP contribution in [0.2, 0.25) is 0 Å². The summed E-state index contributed by atoms with van der Waals surface area (Å²) in [7, 11) is 0. The van der Waals surface area contributed by atoms with E-state index in [2.05, 4.69) is 10.5 Å². The number of hydrogen-bond donors (Lipinski definition) is 2. The molecule has 0 unspecified atom stereocenters. The molecule has 1 aliphatic heterocycles. The Morgan fingerprint density at radius 2 is 2.38 bits per heavy atom. The minimum atomic E-state index is 0.120. The van der Waals surface area contributed by atoms with Gasteiger partial charge in [0.2, 0.25) is 0 Å². The van der Waals surface area contributed by atoms with Crippen LogP contribution in [0.3, 0.4) is 0 Å². The standard InChI is InChI=1S/C5H9N3/c1-3-5(6)4(2)8-7-3/h3,6-7H,1-2H3/t3-/m1/s1. The van der Waals surface area contributed by atoms with Crippen LogP contribution < -0.4 is 5.43 Å². The van der Waals surface area contributed by atoms with Gasteiger partial charge in [0.15, 0.2) is 0 Å². The molecule has 0 amide bonds. The molecule has 2 N–H and O–H groups in total. The summed E-state index contributed by atoms with van der Waals surface area (Å²) in [6.07, 6.45) is 0. The first-order chi connectivity index (χ1) is 3.72. The second-order valence-corrected chi connectivity index (χ2v) is 1.96. The fourth-order valence-electron chi connectivity index (χ4n) is 0.632. The molecular formula is C5H9N3. The summed E-state index contributed by atoms with van der Waals surface area (Å²) in [5.74, 6) is 0. The fourth-order valence-corrected chi connectivity index (χ4v) is 0.632. The molecule has 3 heteroatoms. The van der Waals surface area contributed by atoms with Crippen molar-refractivity contribution >= 4 is 11.4 Å². The summed E-state index contributed by atoms with van der Waals surface area (Å²) < 4.78 is 0. The maximum atomic E-state index is 7.27. The Morgan fingerprint density at radius 3 is 2.50 bits per heavy atom. The third-order valence-corrected chi connectivity index (χ3v) is 1.25. The van der Waals surface area contributed by atoms with Crippen molar-refractivity contribution in [1.29, 1.82) is 5.41 Å². The molecule has 0 fully saturated rings. The molecule has 0 radical (unpaired) electrons. The Balaban J connectivity index is 2.73. The van der Waals surface area contributed by atoms with Crippen molar-refractivity contribution in [2.45, 2.75) is 19.9 Å². The SMILES string of the molecule is CC1=NN[C@H](C)C1=N. The average molecular weight is 111 g/mol. The molecule has 1 atom stereocenters. The van der Waals surface area contributed by atoms with E-state index in [-0.39, 0.29) is 6.04 Å². The second kappa shape index (κ2) is 1.58. The summed E-state index contributed by atoms with van der Waals surface area (Å²) in [5, 5.41) is 11.1. The van der Waals surface area contributed by atoms with E-state index >= 15 is 0 Å². The lowest BCUT2D eigenvalue weighted by molar-refractivity contribution is 0.726. The highest BCUT2D eigenvalue weighted by Gasteiger charge is 2.15. The normalized spacial score (nSPS) is 27.5. The molecule has 0 saturated heterocycles. The number of hydrazone groups is 1. The van der Waals surface area contributed by atoms with Crippen LogP contribution in [0, 0.1) is 5.41 Å². The van der Waals surface area contributed by atoms with Gasteiger partial charge in [0, 0.05) is 0 Å². The van der Waals surface area contributed by atoms with E-state index in [1.54, 1.807) is 0 Å². The molecule has 0 aliphatic carbocycles. The van der Waals surface area contributed by atoms with Crippen molar-refractivity contribution in [1.82, 2.24) is 5.43 Å².